The molecule has 0 radical (unpaired) electrons. The molecule has 0 aliphatic heterocycles. The van der Waals surface area contributed by atoms with E-state index in [1.54, 1.807) is 0 Å². The molecular weight excluding hydrogens is 383 g/mol. The molecule has 5 heteroatoms. The Labute approximate surface area is 178 Å². The SMILES string of the molecule is CCCCCC(C)(C(=O)O)C1(C(=O)c2c(C)cc(C)cc2C)CCCCC1.O=[PH2+]. The van der Waals surface area contributed by atoms with Crippen LogP contribution < -0.4 is 0 Å². The molecule has 1 aliphatic rings. The lowest BCUT2D eigenvalue weighted by Crippen LogP contribution is -2.52. The summed E-state index contributed by atoms with van der Waals surface area (Å²) in [6.45, 7) is 9.97. The zero-order chi connectivity index (χ0) is 22.2. The maximum atomic E-state index is 14.0. The van der Waals surface area contributed by atoms with Crippen LogP contribution in [-0.4, -0.2) is 16.9 Å². The Morgan fingerprint density at radius 3 is 2.00 bits per heavy atom. The Morgan fingerprint density at radius 1 is 1.03 bits per heavy atom. The molecule has 0 spiro atoms. The predicted molar refractivity (Wildman–Crippen MR) is 121 cm³/mol. The van der Waals surface area contributed by atoms with Gasteiger partial charge in [-0.3, -0.25) is 9.59 Å². The normalized spacial score (nSPS) is 17.6. The molecule has 1 saturated carbocycles. The Hall–Kier alpha value is -1.54. The van der Waals surface area contributed by atoms with Gasteiger partial charge >= 0.3 is 15.1 Å². The molecule has 1 aromatic carbocycles. The third kappa shape index (κ3) is 5.15. The Kier molecular flexibility index (Phi) is 9.68. The highest BCUT2D eigenvalue weighted by atomic mass is 31.0. The molecule has 1 N–H and O–H groups in total. The summed E-state index contributed by atoms with van der Waals surface area (Å²) in [6.07, 6.45) is 7.83. The van der Waals surface area contributed by atoms with E-state index >= 15 is 0 Å². The van der Waals surface area contributed by atoms with E-state index in [0.717, 1.165) is 60.8 Å². The van der Waals surface area contributed by atoms with Gasteiger partial charge in [0.05, 0.1) is 5.41 Å². The second-order valence-corrected chi connectivity index (χ2v) is 8.84. The van der Waals surface area contributed by atoms with Crippen molar-refractivity contribution in [3.8, 4) is 0 Å². The number of aliphatic carboxylic acids is 1. The second-order valence-electron chi connectivity index (χ2n) is 8.84. The van der Waals surface area contributed by atoms with Gasteiger partial charge < -0.3 is 5.11 Å². The highest BCUT2D eigenvalue weighted by molar-refractivity contribution is 7.00. The smallest absolute Gasteiger partial charge is 0.310 e. The minimum atomic E-state index is -1.01. The number of hydrogen-bond acceptors (Lipinski definition) is 3. The van der Waals surface area contributed by atoms with Gasteiger partial charge in [0.15, 0.2) is 5.78 Å². The summed E-state index contributed by atoms with van der Waals surface area (Å²) in [5, 5.41) is 10.3. The van der Waals surface area contributed by atoms with Gasteiger partial charge in [0.1, 0.15) is 0 Å². The van der Waals surface area contributed by atoms with Gasteiger partial charge in [-0.2, -0.15) is 0 Å². The summed E-state index contributed by atoms with van der Waals surface area (Å²) < 4.78 is 8.17. The summed E-state index contributed by atoms with van der Waals surface area (Å²) in [4.78, 5) is 26.5. The molecular formula is C24H38O4P+. The number of rotatable bonds is 8. The Morgan fingerprint density at radius 2 is 1.55 bits per heavy atom. The summed E-state index contributed by atoms with van der Waals surface area (Å²) in [5.41, 5.74) is 2.04. The van der Waals surface area contributed by atoms with E-state index in [1.807, 2.05) is 39.8 Å². The quantitative estimate of drug-likeness (QED) is 0.291. The first kappa shape index (κ1) is 25.5. The van der Waals surface area contributed by atoms with Crippen LogP contribution in [0.3, 0.4) is 0 Å². The zero-order valence-corrected chi connectivity index (χ0v) is 19.9. The first-order valence-corrected chi connectivity index (χ1v) is 11.3. The molecule has 4 nitrogen and oxygen atoms in total. The number of carboxylic acid groups (broad SMARTS) is 1. The van der Waals surface area contributed by atoms with Crippen LogP contribution in [0.5, 0.6) is 0 Å². The Balaban J connectivity index is 0.00000204. The van der Waals surface area contributed by atoms with Crippen molar-refractivity contribution in [2.75, 3.05) is 0 Å². The van der Waals surface area contributed by atoms with Crippen molar-refractivity contribution in [2.45, 2.75) is 92.4 Å². The highest BCUT2D eigenvalue weighted by Gasteiger charge is 2.57. The maximum Gasteiger partial charge on any atom is 0.310 e. The number of unbranched alkanes of at least 4 members (excludes halogenated alkanes) is 2. The van der Waals surface area contributed by atoms with E-state index in [2.05, 4.69) is 6.92 Å². The average Bonchev–Trinajstić information content (AvgIpc) is 2.69. The second kappa shape index (κ2) is 11.0. The van der Waals surface area contributed by atoms with E-state index in [0.29, 0.717) is 19.3 Å². The largest absolute Gasteiger partial charge is 0.481 e. The molecule has 0 heterocycles. The van der Waals surface area contributed by atoms with Crippen LogP contribution >= 0.6 is 9.12 Å². The van der Waals surface area contributed by atoms with Crippen molar-refractivity contribution in [1.29, 1.82) is 0 Å². The summed E-state index contributed by atoms with van der Waals surface area (Å²) in [5.74, 6) is -0.741. The van der Waals surface area contributed by atoms with Crippen molar-refractivity contribution in [3.05, 3.63) is 34.4 Å². The van der Waals surface area contributed by atoms with Crippen molar-refractivity contribution in [1.82, 2.24) is 0 Å². The number of aryl methyl sites for hydroxylation is 3. The standard InChI is InChI=1S/C24H36O3.H2OP/c1-6-7-9-12-23(5,22(26)27)24(13-10-8-11-14-24)21(25)20-18(3)15-17(2)16-19(20)4;1-2/h15-16H,6-14H2,1-5H3,(H,26,27);2H2/q;+1. The van der Waals surface area contributed by atoms with Crippen molar-refractivity contribution in [3.63, 3.8) is 0 Å². The minimum absolute atomic E-state index is 0.0681. The van der Waals surface area contributed by atoms with E-state index in [1.165, 1.54) is 9.12 Å². The van der Waals surface area contributed by atoms with Crippen LogP contribution in [0.25, 0.3) is 0 Å². The lowest BCUT2D eigenvalue weighted by Gasteiger charge is -2.48. The van der Waals surface area contributed by atoms with Crippen LogP contribution in [-0.2, 0) is 9.36 Å². The van der Waals surface area contributed by atoms with Crippen LogP contribution in [0.15, 0.2) is 12.1 Å². The number of Topliss-reactive ketones (excluding diaryl/α,β-unsaturated/α-hetero) is 1. The molecule has 2 atom stereocenters. The molecule has 1 fully saturated rings. The van der Waals surface area contributed by atoms with E-state index in [4.69, 9.17) is 4.57 Å². The lowest BCUT2D eigenvalue weighted by atomic mass is 9.53. The minimum Gasteiger partial charge on any atom is -0.481 e. The summed E-state index contributed by atoms with van der Waals surface area (Å²) in [6, 6.07) is 4.10. The topological polar surface area (TPSA) is 71.4 Å². The molecule has 0 saturated heterocycles. The monoisotopic (exact) mass is 421 g/mol. The first-order chi connectivity index (χ1) is 13.7. The van der Waals surface area contributed by atoms with Gasteiger partial charge in [-0.1, -0.05) is 67.7 Å². The number of benzene rings is 1. The molecule has 2 unspecified atom stereocenters. The van der Waals surface area contributed by atoms with Gasteiger partial charge in [0.2, 0.25) is 0 Å². The molecule has 0 amide bonds. The molecule has 1 aromatic rings. The van der Waals surface area contributed by atoms with Gasteiger partial charge in [0, 0.05) is 11.0 Å². The summed E-state index contributed by atoms with van der Waals surface area (Å²) in [7, 11) is 1.17. The van der Waals surface area contributed by atoms with Crippen molar-refractivity contribution >= 4 is 20.9 Å². The molecule has 162 valence electrons. The maximum absolute atomic E-state index is 14.0. The molecule has 0 aromatic heterocycles. The molecule has 2 rings (SSSR count). The van der Waals surface area contributed by atoms with E-state index < -0.39 is 16.8 Å². The first-order valence-electron chi connectivity index (χ1n) is 10.8. The van der Waals surface area contributed by atoms with Crippen molar-refractivity contribution in [2.24, 2.45) is 10.8 Å². The summed E-state index contributed by atoms with van der Waals surface area (Å²) >= 11 is 0. The van der Waals surface area contributed by atoms with E-state index in [-0.39, 0.29) is 5.78 Å². The number of carbonyl (C=O) groups is 2. The van der Waals surface area contributed by atoms with Gasteiger partial charge in [-0.25, -0.2) is 0 Å². The van der Waals surface area contributed by atoms with Crippen LogP contribution in [0.2, 0.25) is 0 Å². The van der Waals surface area contributed by atoms with Crippen molar-refractivity contribution < 1.29 is 19.3 Å². The number of ketones is 1. The van der Waals surface area contributed by atoms with Crippen LogP contribution in [0, 0.1) is 31.6 Å². The van der Waals surface area contributed by atoms with E-state index in [9.17, 15) is 14.7 Å². The number of carbonyl (C=O) groups excluding carboxylic acids is 1. The molecule has 29 heavy (non-hydrogen) atoms. The fourth-order valence-corrected chi connectivity index (χ4v) is 5.24. The molecule has 1 aliphatic carbocycles. The lowest BCUT2D eigenvalue weighted by molar-refractivity contribution is -0.157. The van der Waals surface area contributed by atoms with Crippen LogP contribution in [0.4, 0.5) is 0 Å². The predicted octanol–water partition coefficient (Wildman–Crippen LogP) is 6.62. The average molecular weight is 422 g/mol. The molecule has 0 bridgehead atoms. The third-order valence-corrected chi connectivity index (χ3v) is 6.85. The van der Waals surface area contributed by atoms with Crippen LogP contribution in [0.1, 0.15) is 98.7 Å². The van der Waals surface area contributed by atoms with Gasteiger partial charge in [-0.05, 0) is 58.1 Å². The third-order valence-electron chi connectivity index (χ3n) is 6.85. The Bertz CT molecular complexity index is 699. The van der Waals surface area contributed by atoms with Gasteiger partial charge in [-0.15, -0.1) is 0 Å². The zero-order valence-electron chi connectivity index (χ0n) is 18.8. The van der Waals surface area contributed by atoms with Gasteiger partial charge in [0.25, 0.3) is 0 Å². The number of carboxylic acids is 1. The fraction of sp³-hybridized carbons (Fsp3) is 0.667. The number of hydrogen-bond donors (Lipinski definition) is 1. The highest BCUT2D eigenvalue weighted by Crippen LogP contribution is 2.55. The fourth-order valence-electron chi connectivity index (χ4n) is 5.24.